The summed E-state index contributed by atoms with van der Waals surface area (Å²) in [5.41, 5.74) is 0.372. The molecule has 0 saturated carbocycles. The average molecular weight is 208 g/mol. The van der Waals surface area contributed by atoms with E-state index < -0.39 is 5.56 Å². The van der Waals surface area contributed by atoms with Crippen LogP contribution >= 0.6 is 0 Å². The summed E-state index contributed by atoms with van der Waals surface area (Å²) in [7, 11) is 0. The van der Waals surface area contributed by atoms with Gasteiger partial charge in [0.15, 0.2) is 5.88 Å². The minimum atomic E-state index is -0.454. The average Bonchev–Trinajstić information content (AvgIpc) is 2.39. The summed E-state index contributed by atoms with van der Waals surface area (Å²) >= 11 is 0. The number of rotatable bonds is 1. The van der Waals surface area contributed by atoms with Gasteiger partial charge in [-0.15, -0.1) is 0 Å². The highest BCUT2D eigenvalue weighted by Crippen LogP contribution is 2.36. The van der Waals surface area contributed by atoms with E-state index in [0.29, 0.717) is 17.7 Å². The zero-order valence-electron chi connectivity index (χ0n) is 8.57. The predicted octanol–water partition coefficient (Wildman–Crippen LogP) is 0.617. The van der Waals surface area contributed by atoms with Crippen LogP contribution in [0.1, 0.15) is 35.8 Å². The lowest BCUT2D eigenvalue weighted by molar-refractivity contribution is 0.0748. The Morgan fingerprint density at radius 1 is 1.53 bits per heavy atom. The molecule has 2 N–H and O–H groups in total. The topological polar surface area (TPSA) is 73.4 Å². The molecular weight excluding hydrogens is 196 g/mol. The first-order chi connectivity index (χ1) is 7.06. The highest BCUT2D eigenvalue weighted by Gasteiger charge is 2.35. The lowest BCUT2D eigenvalue weighted by atomic mass is 10.1. The highest BCUT2D eigenvalue weighted by atomic mass is 16.3. The number of hydrogen-bond donors (Lipinski definition) is 2. The summed E-state index contributed by atoms with van der Waals surface area (Å²) in [5, 5.41) is 9.58. The van der Waals surface area contributed by atoms with E-state index in [-0.39, 0.29) is 17.8 Å². The fourth-order valence-corrected chi connectivity index (χ4v) is 2.06. The van der Waals surface area contributed by atoms with Crippen molar-refractivity contribution in [3.63, 3.8) is 0 Å². The van der Waals surface area contributed by atoms with E-state index >= 15 is 0 Å². The molecule has 0 aromatic carbocycles. The van der Waals surface area contributed by atoms with Crippen molar-refractivity contribution in [3.8, 4) is 5.88 Å². The second kappa shape index (κ2) is 3.12. The summed E-state index contributed by atoms with van der Waals surface area (Å²) < 4.78 is 0. The zero-order chi connectivity index (χ0) is 11.2. The van der Waals surface area contributed by atoms with Crippen molar-refractivity contribution in [2.24, 2.45) is 0 Å². The van der Waals surface area contributed by atoms with Crippen LogP contribution in [0, 0.1) is 0 Å². The Bertz CT molecular complexity index is 478. The number of aromatic hydroxyl groups is 1. The summed E-state index contributed by atoms with van der Waals surface area (Å²) in [4.78, 5) is 26.8. The molecule has 1 unspecified atom stereocenters. The highest BCUT2D eigenvalue weighted by molar-refractivity contribution is 5.99. The standard InChI is InChI=1S/C10H12N2O3/c1-3-12-5(2)8-6(10(12)15)4-7(13)11-9(8)14/h4-5H,3H2,1-2H3,(H2,11,13,14). The van der Waals surface area contributed by atoms with E-state index in [2.05, 4.69) is 4.98 Å². The van der Waals surface area contributed by atoms with Crippen LogP contribution in [0.2, 0.25) is 0 Å². The van der Waals surface area contributed by atoms with Gasteiger partial charge < -0.3 is 10.0 Å². The molecule has 2 rings (SSSR count). The van der Waals surface area contributed by atoms with Crippen LogP contribution in [0.25, 0.3) is 0 Å². The van der Waals surface area contributed by atoms with Gasteiger partial charge in [0.1, 0.15) is 0 Å². The van der Waals surface area contributed by atoms with Gasteiger partial charge in [-0.2, -0.15) is 0 Å². The number of aromatic amines is 1. The van der Waals surface area contributed by atoms with Crippen molar-refractivity contribution in [2.75, 3.05) is 6.54 Å². The molecule has 0 aliphatic carbocycles. The summed E-state index contributed by atoms with van der Waals surface area (Å²) in [6.07, 6.45) is 0. The quantitative estimate of drug-likeness (QED) is 0.710. The van der Waals surface area contributed by atoms with E-state index in [1.54, 1.807) is 4.90 Å². The van der Waals surface area contributed by atoms with E-state index in [4.69, 9.17) is 0 Å². The predicted molar refractivity (Wildman–Crippen MR) is 53.9 cm³/mol. The van der Waals surface area contributed by atoms with E-state index in [1.807, 2.05) is 13.8 Å². The lowest BCUT2D eigenvalue weighted by Crippen LogP contribution is -2.26. The molecule has 1 aliphatic heterocycles. The van der Waals surface area contributed by atoms with Crippen LogP contribution in [0.5, 0.6) is 5.88 Å². The van der Waals surface area contributed by atoms with Gasteiger partial charge in [-0.25, -0.2) is 0 Å². The van der Waals surface area contributed by atoms with E-state index in [1.165, 1.54) is 6.07 Å². The van der Waals surface area contributed by atoms with Crippen molar-refractivity contribution in [1.29, 1.82) is 0 Å². The molecule has 1 amide bonds. The molecule has 1 aromatic heterocycles. The van der Waals surface area contributed by atoms with Crippen LogP contribution in [0.15, 0.2) is 10.9 Å². The van der Waals surface area contributed by atoms with Crippen molar-refractivity contribution < 1.29 is 9.90 Å². The molecule has 5 heteroatoms. The van der Waals surface area contributed by atoms with E-state index in [0.717, 1.165) is 0 Å². The second-order valence-electron chi connectivity index (χ2n) is 3.58. The van der Waals surface area contributed by atoms with Gasteiger partial charge in [-0.1, -0.05) is 0 Å². The molecule has 5 nitrogen and oxygen atoms in total. The molecule has 0 fully saturated rings. The first-order valence-corrected chi connectivity index (χ1v) is 4.83. The Morgan fingerprint density at radius 2 is 2.20 bits per heavy atom. The summed E-state index contributed by atoms with van der Waals surface area (Å²) in [5.74, 6) is -0.393. The number of aromatic nitrogens is 1. The third kappa shape index (κ3) is 1.23. The number of nitrogens with zero attached hydrogens (tertiary/aromatic N) is 1. The maximum atomic E-state index is 11.8. The van der Waals surface area contributed by atoms with Crippen molar-refractivity contribution in [1.82, 2.24) is 9.88 Å². The second-order valence-corrected chi connectivity index (χ2v) is 3.58. The third-order valence-corrected chi connectivity index (χ3v) is 2.78. The number of carbonyl (C=O) groups excluding carboxylic acids is 1. The number of fused-ring (bicyclic) bond motifs is 1. The maximum absolute atomic E-state index is 11.8. The van der Waals surface area contributed by atoms with Gasteiger partial charge in [0.2, 0.25) is 0 Å². The van der Waals surface area contributed by atoms with Crippen molar-refractivity contribution in [2.45, 2.75) is 19.9 Å². The van der Waals surface area contributed by atoms with Gasteiger partial charge in [-0.05, 0) is 13.8 Å². The molecular formula is C10H12N2O3. The number of H-pyrrole nitrogens is 1. The van der Waals surface area contributed by atoms with Gasteiger partial charge in [0, 0.05) is 18.2 Å². The maximum Gasteiger partial charge on any atom is 0.255 e. The van der Waals surface area contributed by atoms with Crippen LogP contribution in [-0.2, 0) is 0 Å². The Morgan fingerprint density at radius 3 is 2.80 bits per heavy atom. The molecule has 1 atom stereocenters. The van der Waals surface area contributed by atoms with Crippen LogP contribution in [-0.4, -0.2) is 27.4 Å². The van der Waals surface area contributed by atoms with Crippen molar-refractivity contribution >= 4 is 5.91 Å². The Kier molecular flexibility index (Phi) is 2.03. The van der Waals surface area contributed by atoms with Gasteiger partial charge in [-0.3, -0.25) is 14.6 Å². The summed E-state index contributed by atoms with van der Waals surface area (Å²) in [6, 6.07) is 1.05. The normalized spacial score (nSPS) is 19.5. The Labute approximate surface area is 86.3 Å². The number of hydrogen-bond acceptors (Lipinski definition) is 3. The molecule has 0 bridgehead atoms. The molecule has 0 radical (unpaired) electrons. The monoisotopic (exact) mass is 208 g/mol. The van der Waals surface area contributed by atoms with Crippen LogP contribution in [0.4, 0.5) is 0 Å². The van der Waals surface area contributed by atoms with E-state index in [9.17, 15) is 14.7 Å². The largest absolute Gasteiger partial charge is 0.494 e. The zero-order valence-corrected chi connectivity index (χ0v) is 8.57. The first kappa shape index (κ1) is 9.76. The SMILES string of the molecule is CCN1C(=O)c2cc(=O)[nH]c(O)c2C1C. The molecule has 15 heavy (non-hydrogen) atoms. The number of amides is 1. The summed E-state index contributed by atoms with van der Waals surface area (Å²) in [6.45, 7) is 4.24. The molecule has 1 aliphatic rings. The molecule has 0 saturated heterocycles. The molecule has 2 heterocycles. The fourth-order valence-electron chi connectivity index (χ4n) is 2.06. The molecule has 0 spiro atoms. The number of pyridine rings is 1. The molecule has 1 aromatic rings. The van der Waals surface area contributed by atoms with Crippen LogP contribution < -0.4 is 5.56 Å². The third-order valence-electron chi connectivity index (χ3n) is 2.78. The van der Waals surface area contributed by atoms with Gasteiger partial charge >= 0.3 is 0 Å². The minimum absolute atomic E-state index is 0.186. The Balaban J connectivity index is 2.67. The van der Waals surface area contributed by atoms with Gasteiger partial charge in [0.25, 0.3) is 11.5 Å². The fraction of sp³-hybridized carbons (Fsp3) is 0.400. The van der Waals surface area contributed by atoms with Gasteiger partial charge in [0.05, 0.1) is 11.6 Å². The molecule has 80 valence electrons. The first-order valence-electron chi connectivity index (χ1n) is 4.83. The number of nitrogens with one attached hydrogen (secondary N) is 1. The Hall–Kier alpha value is -1.78. The lowest BCUT2D eigenvalue weighted by Gasteiger charge is -2.19. The minimum Gasteiger partial charge on any atom is -0.494 e. The smallest absolute Gasteiger partial charge is 0.255 e. The van der Waals surface area contributed by atoms with Crippen LogP contribution in [0.3, 0.4) is 0 Å². The number of carbonyl (C=O) groups is 1. The van der Waals surface area contributed by atoms with Crippen molar-refractivity contribution in [3.05, 3.63) is 27.5 Å².